The number of aromatic nitrogens is 2. The predicted molar refractivity (Wildman–Crippen MR) is 95.7 cm³/mol. The van der Waals surface area contributed by atoms with Crippen LogP contribution < -0.4 is 10.1 Å². The van der Waals surface area contributed by atoms with Crippen LogP contribution in [0.25, 0.3) is 11.0 Å². The van der Waals surface area contributed by atoms with E-state index in [-0.39, 0.29) is 30.3 Å². The van der Waals surface area contributed by atoms with Gasteiger partial charge in [0, 0.05) is 18.0 Å². The maximum absolute atomic E-state index is 5.76. The zero-order valence-corrected chi connectivity index (χ0v) is 14.2. The van der Waals surface area contributed by atoms with Crippen LogP contribution in [0.4, 0.5) is 0 Å². The molecule has 0 atom stereocenters. The predicted octanol–water partition coefficient (Wildman–Crippen LogP) is 2.81. The molecule has 0 unspecified atom stereocenters. The summed E-state index contributed by atoms with van der Waals surface area (Å²) in [6.07, 6.45) is 1.69. The minimum atomic E-state index is 0. The Balaban J connectivity index is 0.00000147. The van der Waals surface area contributed by atoms with Crippen molar-refractivity contribution in [2.24, 2.45) is 0 Å². The highest BCUT2D eigenvalue weighted by molar-refractivity contribution is 7.09. The Bertz CT molecular complexity index is 646. The van der Waals surface area contributed by atoms with Gasteiger partial charge in [0.2, 0.25) is 0 Å². The maximum atomic E-state index is 5.76. The number of imidazole rings is 1. The lowest BCUT2D eigenvalue weighted by molar-refractivity contribution is 0.317. The second-order valence-electron chi connectivity index (χ2n) is 4.16. The molecule has 2 aromatic heterocycles. The second kappa shape index (κ2) is 10.4. The van der Waals surface area contributed by atoms with Crippen molar-refractivity contribution in [2.45, 2.75) is 6.54 Å². The van der Waals surface area contributed by atoms with Gasteiger partial charge in [0.1, 0.15) is 17.9 Å². The molecule has 22 heavy (non-hydrogen) atoms. The normalized spacial score (nSPS) is 9.45. The van der Waals surface area contributed by atoms with E-state index < -0.39 is 0 Å². The highest BCUT2D eigenvalue weighted by Crippen LogP contribution is 2.21. The Morgan fingerprint density at radius 2 is 2.05 bits per heavy atom. The lowest BCUT2D eigenvalue weighted by atomic mass is 10.3. The Kier molecular flexibility index (Phi) is 9.80. The van der Waals surface area contributed by atoms with E-state index in [1.165, 1.54) is 4.88 Å². The summed E-state index contributed by atoms with van der Waals surface area (Å²) in [4.78, 5) is 8.68. The molecule has 8 heteroatoms. The number of aromatic amines is 1. The first-order valence-electron chi connectivity index (χ1n) is 6.21. The Labute approximate surface area is 145 Å². The quantitative estimate of drug-likeness (QED) is 0.660. The van der Waals surface area contributed by atoms with Gasteiger partial charge in [-0.3, -0.25) is 0 Å². The summed E-state index contributed by atoms with van der Waals surface area (Å²) in [5, 5.41) is 5.45. The molecule has 0 fully saturated rings. The van der Waals surface area contributed by atoms with Crippen molar-refractivity contribution in [2.75, 3.05) is 13.2 Å². The number of hydrogen-bond donors (Lipinski definition) is 2. The molecule has 0 bridgehead atoms. The summed E-state index contributed by atoms with van der Waals surface area (Å²) < 4.78 is 5.76. The summed E-state index contributed by atoms with van der Waals surface area (Å²) in [6, 6.07) is 10.1. The highest BCUT2D eigenvalue weighted by atomic mass is 35.5. The van der Waals surface area contributed by atoms with Crippen molar-refractivity contribution in [3.63, 3.8) is 0 Å². The number of fused-ring (bicyclic) bond motifs is 1. The van der Waals surface area contributed by atoms with E-state index in [1.54, 1.807) is 17.7 Å². The van der Waals surface area contributed by atoms with Crippen LogP contribution in [0, 0.1) is 0 Å². The van der Waals surface area contributed by atoms with Crippen LogP contribution in [0.1, 0.15) is 4.88 Å². The topological polar surface area (TPSA) is 81.4 Å². The van der Waals surface area contributed by atoms with E-state index in [1.807, 2.05) is 18.2 Å². The Hall–Kier alpha value is -1.31. The maximum Gasteiger partial charge on any atom is 0.147 e. The molecule has 122 valence electrons. The van der Waals surface area contributed by atoms with E-state index in [0.717, 1.165) is 29.9 Å². The number of nitrogens with one attached hydrogen (secondary N) is 2. The van der Waals surface area contributed by atoms with Crippen LogP contribution in [0.3, 0.4) is 0 Å². The standard InChI is InChI=1S/C14H15N3OS.2ClH.H2O/c1-4-12-14(17-10-16-12)13(5-1)18-7-6-15-9-11-3-2-8-19-11;;;/h1-5,8,10,15H,6-7,9H2,(H,16,17);2*1H;1H2. The monoisotopic (exact) mass is 363 g/mol. The van der Waals surface area contributed by atoms with E-state index in [0.29, 0.717) is 6.61 Å². The third-order valence-electron chi connectivity index (χ3n) is 2.83. The van der Waals surface area contributed by atoms with E-state index in [2.05, 4.69) is 32.8 Å². The molecule has 0 amide bonds. The Morgan fingerprint density at radius 3 is 2.82 bits per heavy atom. The van der Waals surface area contributed by atoms with Crippen molar-refractivity contribution < 1.29 is 10.2 Å². The summed E-state index contributed by atoms with van der Waals surface area (Å²) in [5.74, 6) is 0.830. The molecule has 3 aromatic rings. The number of benzene rings is 1. The number of hydrogen-bond acceptors (Lipinski definition) is 4. The molecule has 3 rings (SSSR count). The van der Waals surface area contributed by atoms with Gasteiger partial charge < -0.3 is 20.5 Å². The summed E-state index contributed by atoms with van der Waals surface area (Å²) in [7, 11) is 0. The van der Waals surface area contributed by atoms with Crippen molar-refractivity contribution in [1.29, 1.82) is 0 Å². The fourth-order valence-electron chi connectivity index (χ4n) is 1.91. The fourth-order valence-corrected chi connectivity index (χ4v) is 2.59. The van der Waals surface area contributed by atoms with Gasteiger partial charge in [-0.25, -0.2) is 4.98 Å². The molecule has 0 saturated carbocycles. The van der Waals surface area contributed by atoms with Gasteiger partial charge in [0.25, 0.3) is 0 Å². The molecule has 0 aliphatic heterocycles. The molecule has 2 heterocycles. The minimum Gasteiger partial charge on any atom is -0.490 e. The van der Waals surface area contributed by atoms with Gasteiger partial charge in [-0.2, -0.15) is 0 Å². The van der Waals surface area contributed by atoms with E-state index in [4.69, 9.17) is 4.74 Å². The van der Waals surface area contributed by atoms with Gasteiger partial charge in [-0.15, -0.1) is 36.2 Å². The highest BCUT2D eigenvalue weighted by Gasteiger charge is 2.03. The van der Waals surface area contributed by atoms with Crippen LogP contribution in [0.15, 0.2) is 42.0 Å². The fraction of sp³-hybridized carbons (Fsp3) is 0.214. The third-order valence-corrected chi connectivity index (χ3v) is 3.70. The third kappa shape index (κ3) is 5.15. The van der Waals surface area contributed by atoms with Gasteiger partial charge >= 0.3 is 0 Å². The molecule has 5 nitrogen and oxygen atoms in total. The Morgan fingerprint density at radius 1 is 1.18 bits per heavy atom. The summed E-state index contributed by atoms with van der Waals surface area (Å²) in [6.45, 7) is 2.35. The number of halogens is 2. The second-order valence-corrected chi connectivity index (χ2v) is 5.19. The van der Waals surface area contributed by atoms with Crippen molar-refractivity contribution in [3.8, 4) is 5.75 Å². The number of ether oxygens (including phenoxy) is 1. The average Bonchev–Trinajstić information content (AvgIpc) is 3.09. The molecular formula is C14H19Cl2N3O2S. The molecule has 4 N–H and O–H groups in total. The number of para-hydroxylation sites is 1. The number of H-pyrrole nitrogens is 1. The summed E-state index contributed by atoms with van der Waals surface area (Å²) in [5.41, 5.74) is 1.89. The van der Waals surface area contributed by atoms with Crippen molar-refractivity contribution in [1.82, 2.24) is 15.3 Å². The lowest BCUT2D eigenvalue weighted by Gasteiger charge is -2.07. The molecule has 0 aliphatic carbocycles. The number of nitrogens with zero attached hydrogens (tertiary/aromatic N) is 1. The van der Waals surface area contributed by atoms with Crippen LogP contribution in [0.2, 0.25) is 0 Å². The first-order valence-corrected chi connectivity index (χ1v) is 7.09. The van der Waals surface area contributed by atoms with Crippen molar-refractivity contribution >= 4 is 47.2 Å². The largest absolute Gasteiger partial charge is 0.490 e. The van der Waals surface area contributed by atoms with E-state index in [9.17, 15) is 0 Å². The molecule has 0 spiro atoms. The molecule has 0 radical (unpaired) electrons. The van der Waals surface area contributed by atoms with Crippen LogP contribution in [-0.4, -0.2) is 28.6 Å². The molecule has 1 aromatic carbocycles. The first kappa shape index (κ1) is 20.7. The SMILES string of the molecule is Cl.Cl.O.c1csc(CNCCOc2cccc3[nH]cnc23)c1. The van der Waals surface area contributed by atoms with Gasteiger partial charge in [0.15, 0.2) is 0 Å². The molecule has 0 saturated heterocycles. The van der Waals surface area contributed by atoms with Crippen LogP contribution >= 0.6 is 36.2 Å². The first-order chi connectivity index (χ1) is 9.43. The minimum absolute atomic E-state index is 0. The molecule has 0 aliphatic rings. The van der Waals surface area contributed by atoms with Gasteiger partial charge in [0.05, 0.1) is 11.8 Å². The van der Waals surface area contributed by atoms with Crippen LogP contribution in [-0.2, 0) is 6.54 Å². The van der Waals surface area contributed by atoms with E-state index >= 15 is 0 Å². The van der Waals surface area contributed by atoms with Gasteiger partial charge in [-0.1, -0.05) is 12.1 Å². The molecular weight excluding hydrogens is 345 g/mol. The summed E-state index contributed by atoms with van der Waals surface area (Å²) >= 11 is 1.76. The van der Waals surface area contributed by atoms with Crippen molar-refractivity contribution in [3.05, 3.63) is 46.9 Å². The van der Waals surface area contributed by atoms with Gasteiger partial charge in [-0.05, 0) is 23.6 Å². The lowest BCUT2D eigenvalue weighted by Crippen LogP contribution is -2.20. The zero-order valence-electron chi connectivity index (χ0n) is 11.7. The van der Waals surface area contributed by atoms with Crippen LogP contribution in [0.5, 0.6) is 5.75 Å². The average molecular weight is 364 g/mol. The number of rotatable bonds is 6. The number of thiophene rings is 1. The smallest absolute Gasteiger partial charge is 0.147 e. The zero-order chi connectivity index (χ0) is 12.9.